The van der Waals surface area contributed by atoms with Gasteiger partial charge in [0, 0.05) is 53.2 Å². The van der Waals surface area contributed by atoms with Crippen LogP contribution >= 0.6 is 0 Å². The van der Waals surface area contributed by atoms with E-state index in [2.05, 4.69) is 10.3 Å². The van der Waals surface area contributed by atoms with E-state index in [1.807, 2.05) is 24.3 Å². The summed E-state index contributed by atoms with van der Waals surface area (Å²) in [5.74, 6) is -0.145. The second-order valence-electron chi connectivity index (χ2n) is 8.07. The van der Waals surface area contributed by atoms with Gasteiger partial charge in [0.2, 0.25) is 0 Å². The van der Waals surface area contributed by atoms with Crippen molar-refractivity contribution in [2.24, 2.45) is 0 Å². The summed E-state index contributed by atoms with van der Waals surface area (Å²) in [5, 5.41) is 4.32. The molecule has 150 valence electrons. The Morgan fingerprint density at radius 3 is 2.69 bits per heavy atom. The molecule has 1 amide bonds. The van der Waals surface area contributed by atoms with Crippen molar-refractivity contribution in [1.29, 1.82) is 0 Å². The summed E-state index contributed by atoms with van der Waals surface area (Å²) in [6.07, 6.45) is 3.35. The molecule has 0 bridgehead atoms. The van der Waals surface area contributed by atoms with E-state index in [-0.39, 0.29) is 23.0 Å². The summed E-state index contributed by atoms with van der Waals surface area (Å²) in [6.45, 7) is 2.07. The van der Waals surface area contributed by atoms with Crippen LogP contribution in [0.2, 0.25) is 0 Å². The van der Waals surface area contributed by atoms with Crippen molar-refractivity contribution in [2.75, 3.05) is 19.8 Å². The van der Waals surface area contributed by atoms with Crippen molar-refractivity contribution in [1.82, 2.24) is 10.3 Å². The summed E-state index contributed by atoms with van der Waals surface area (Å²) < 4.78 is 11.5. The van der Waals surface area contributed by atoms with Gasteiger partial charge in [-0.1, -0.05) is 12.1 Å². The highest BCUT2D eigenvalue weighted by atomic mass is 16.5. The molecule has 2 N–H and O–H groups in total. The highest BCUT2D eigenvalue weighted by Gasteiger charge is 2.39. The second-order valence-corrected chi connectivity index (χ2v) is 8.07. The fraction of sp³-hybridized carbons (Fsp3) is 0.391. The van der Waals surface area contributed by atoms with Crippen LogP contribution in [0, 0.1) is 0 Å². The molecule has 2 fully saturated rings. The first-order valence-corrected chi connectivity index (χ1v) is 10.2. The van der Waals surface area contributed by atoms with E-state index in [0.29, 0.717) is 36.2 Å². The van der Waals surface area contributed by atoms with Crippen LogP contribution < -0.4 is 10.7 Å². The fourth-order valence-electron chi connectivity index (χ4n) is 4.57. The molecule has 1 atom stereocenters. The number of carbonyl (C=O) groups is 1. The standard InChI is InChI=1S/C23H24N2O4/c26-21-17-3-1-2-4-19(17)25-20-6-5-15(13-18(20)21)22(27)24-16-7-10-29-23(14-16)8-11-28-12-9-23/h1-6,13,16H,7-12,14H2,(H,24,27)(H,25,26). The number of amides is 1. The number of para-hydroxylation sites is 1. The molecular formula is C23H24N2O4. The summed E-state index contributed by atoms with van der Waals surface area (Å²) in [6, 6.07) is 12.8. The summed E-state index contributed by atoms with van der Waals surface area (Å²) in [4.78, 5) is 29.1. The van der Waals surface area contributed by atoms with Gasteiger partial charge in [-0.25, -0.2) is 0 Å². The van der Waals surface area contributed by atoms with Gasteiger partial charge in [0.1, 0.15) is 0 Å². The predicted octanol–water partition coefficient (Wildman–Crippen LogP) is 3.14. The summed E-state index contributed by atoms with van der Waals surface area (Å²) in [5.41, 5.74) is 1.80. The van der Waals surface area contributed by atoms with Crippen LogP contribution in [0.3, 0.4) is 0 Å². The van der Waals surface area contributed by atoms with E-state index in [1.54, 1.807) is 18.2 Å². The quantitative estimate of drug-likeness (QED) is 0.657. The Morgan fingerprint density at radius 2 is 1.83 bits per heavy atom. The topological polar surface area (TPSA) is 80.4 Å². The SMILES string of the molecule is O=C(NC1CCOC2(CCOCC2)C1)c1ccc2[nH]c3ccccc3c(=O)c2c1. The monoisotopic (exact) mass is 392 g/mol. The molecule has 2 aliphatic heterocycles. The second kappa shape index (κ2) is 7.28. The number of ether oxygens (including phenoxy) is 2. The first-order chi connectivity index (χ1) is 14.1. The lowest BCUT2D eigenvalue weighted by molar-refractivity contribution is -0.139. The number of carbonyl (C=O) groups excluding carboxylic acids is 1. The third kappa shape index (κ3) is 3.43. The number of hydrogen-bond acceptors (Lipinski definition) is 4. The summed E-state index contributed by atoms with van der Waals surface area (Å²) >= 11 is 0. The van der Waals surface area contributed by atoms with Crippen molar-refractivity contribution < 1.29 is 14.3 Å². The van der Waals surface area contributed by atoms with Gasteiger partial charge in [0.15, 0.2) is 5.43 Å². The molecule has 5 rings (SSSR count). The molecule has 1 aromatic heterocycles. The first-order valence-electron chi connectivity index (χ1n) is 10.2. The number of H-pyrrole nitrogens is 1. The predicted molar refractivity (Wildman–Crippen MR) is 111 cm³/mol. The van der Waals surface area contributed by atoms with Crippen LogP contribution in [0.5, 0.6) is 0 Å². The average Bonchev–Trinajstić information content (AvgIpc) is 2.74. The van der Waals surface area contributed by atoms with Gasteiger partial charge in [-0.2, -0.15) is 0 Å². The maximum Gasteiger partial charge on any atom is 0.251 e. The van der Waals surface area contributed by atoms with Crippen LogP contribution in [-0.2, 0) is 9.47 Å². The highest BCUT2D eigenvalue weighted by molar-refractivity contribution is 6.00. The third-order valence-electron chi connectivity index (χ3n) is 6.20. The molecule has 0 radical (unpaired) electrons. The fourth-order valence-corrected chi connectivity index (χ4v) is 4.57. The van der Waals surface area contributed by atoms with Crippen molar-refractivity contribution in [3.63, 3.8) is 0 Å². The zero-order valence-corrected chi connectivity index (χ0v) is 16.2. The van der Waals surface area contributed by atoms with E-state index in [1.165, 1.54) is 0 Å². The molecule has 1 spiro atoms. The number of aromatic amines is 1. The van der Waals surface area contributed by atoms with Gasteiger partial charge < -0.3 is 19.8 Å². The third-order valence-corrected chi connectivity index (χ3v) is 6.20. The van der Waals surface area contributed by atoms with Crippen LogP contribution in [0.25, 0.3) is 21.8 Å². The number of rotatable bonds is 2. The van der Waals surface area contributed by atoms with E-state index in [0.717, 1.165) is 36.7 Å². The normalized spacial score (nSPS) is 21.4. The van der Waals surface area contributed by atoms with E-state index >= 15 is 0 Å². The Hall–Kier alpha value is -2.70. The Bertz CT molecular complexity index is 1130. The van der Waals surface area contributed by atoms with Gasteiger partial charge in [-0.3, -0.25) is 9.59 Å². The smallest absolute Gasteiger partial charge is 0.251 e. The molecule has 2 saturated heterocycles. The molecule has 3 aromatic rings. The lowest BCUT2D eigenvalue weighted by Crippen LogP contribution is -2.51. The molecular weight excluding hydrogens is 368 g/mol. The number of benzene rings is 2. The van der Waals surface area contributed by atoms with Gasteiger partial charge in [-0.15, -0.1) is 0 Å². The summed E-state index contributed by atoms with van der Waals surface area (Å²) in [7, 11) is 0. The molecule has 6 heteroatoms. The van der Waals surface area contributed by atoms with E-state index in [4.69, 9.17) is 9.47 Å². The number of pyridine rings is 1. The Balaban J connectivity index is 1.40. The van der Waals surface area contributed by atoms with Gasteiger partial charge in [-0.05, 0) is 56.0 Å². The zero-order valence-electron chi connectivity index (χ0n) is 16.2. The van der Waals surface area contributed by atoms with E-state index in [9.17, 15) is 9.59 Å². The van der Waals surface area contributed by atoms with Crippen LogP contribution in [-0.4, -0.2) is 42.4 Å². The largest absolute Gasteiger partial charge is 0.381 e. The molecule has 0 saturated carbocycles. The minimum absolute atomic E-state index is 0.0591. The molecule has 3 heterocycles. The number of nitrogens with one attached hydrogen (secondary N) is 2. The Kier molecular flexibility index (Phi) is 4.60. The molecule has 6 nitrogen and oxygen atoms in total. The molecule has 2 aromatic carbocycles. The number of aromatic nitrogens is 1. The molecule has 2 aliphatic rings. The molecule has 0 aliphatic carbocycles. The maximum absolute atomic E-state index is 12.9. The first kappa shape index (κ1) is 18.3. The maximum atomic E-state index is 12.9. The van der Waals surface area contributed by atoms with Crippen molar-refractivity contribution in [3.8, 4) is 0 Å². The zero-order chi connectivity index (χ0) is 19.8. The Morgan fingerprint density at radius 1 is 1.03 bits per heavy atom. The molecule has 29 heavy (non-hydrogen) atoms. The van der Waals surface area contributed by atoms with Gasteiger partial charge >= 0.3 is 0 Å². The van der Waals surface area contributed by atoms with Crippen molar-refractivity contribution in [3.05, 3.63) is 58.3 Å². The van der Waals surface area contributed by atoms with Crippen LogP contribution in [0.1, 0.15) is 36.0 Å². The van der Waals surface area contributed by atoms with Gasteiger partial charge in [0.05, 0.1) is 5.60 Å². The van der Waals surface area contributed by atoms with Crippen molar-refractivity contribution in [2.45, 2.75) is 37.3 Å². The van der Waals surface area contributed by atoms with Crippen molar-refractivity contribution >= 4 is 27.7 Å². The highest BCUT2D eigenvalue weighted by Crippen LogP contribution is 2.34. The Labute approximate surface area is 168 Å². The molecule has 1 unspecified atom stereocenters. The lowest BCUT2D eigenvalue weighted by atomic mass is 9.84. The van der Waals surface area contributed by atoms with Crippen LogP contribution in [0.15, 0.2) is 47.3 Å². The van der Waals surface area contributed by atoms with E-state index < -0.39 is 0 Å². The van der Waals surface area contributed by atoms with Gasteiger partial charge in [0.25, 0.3) is 5.91 Å². The minimum atomic E-state index is -0.173. The van der Waals surface area contributed by atoms with Crippen LogP contribution in [0.4, 0.5) is 0 Å². The lowest BCUT2D eigenvalue weighted by Gasteiger charge is -2.43. The average molecular weight is 392 g/mol. The minimum Gasteiger partial charge on any atom is -0.381 e. The number of hydrogen-bond donors (Lipinski definition) is 2. The number of fused-ring (bicyclic) bond motifs is 2.